The lowest BCUT2D eigenvalue weighted by Gasteiger charge is -2.35. The summed E-state index contributed by atoms with van der Waals surface area (Å²) in [5, 5.41) is 0. The van der Waals surface area contributed by atoms with E-state index in [2.05, 4.69) is 15.9 Å². The van der Waals surface area contributed by atoms with E-state index in [-0.39, 0.29) is 5.91 Å². The molecule has 18 heavy (non-hydrogen) atoms. The van der Waals surface area contributed by atoms with Crippen molar-refractivity contribution in [3.8, 4) is 0 Å². The monoisotopic (exact) mass is 309 g/mol. The maximum absolute atomic E-state index is 12.4. The Morgan fingerprint density at radius 2 is 2.06 bits per heavy atom. The topological polar surface area (TPSA) is 20.3 Å². The molecule has 1 aliphatic carbocycles. The second-order valence-corrected chi connectivity index (χ2v) is 6.33. The van der Waals surface area contributed by atoms with E-state index in [9.17, 15) is 4.79 Å². The molecule has 2 unspecified atom stereocenters. The summed E-state index contributed by atoms with van der Waals surface area (Å²) >= 11 is 3.72. The van der Waals surface area contributed by atoms with Gasteiger partial charge in [0.25, 0.3) is 5.91 Å². The van der Waals surface area contributed by atoms with Crippen molar-refractivity contribution in [2.24, 2.45) is 0 Å². The fourth-order valence-corrected chi connectivity index (χ4v) is 3.58. The fourth-order valence-electron chi connectivity index (χ4n) is 2.63. The number of hydrogen-bond acceptors (Lipinski definition) is 1. The summed E-state index contributed by atoms with van der Waals surface area (Å²) in [4.78, 5) is 14.8. The standard InChI is InChI=1S/C15H20BrNO/c1-11-6-5-7-12(10-11)15(18)17(2)14-9-4-3-8-13(14)16/h5-7,10,13-14H,3-4,8-9H2,1-2H3. The van der Waals surface area contributed by atoms with Gasteiger partial charge in [0, 0.05) is 23.5 Å². The van der Waals surface area contributed by atoms with E-state index in [0.29, 0.717) is 10.9 Å². The highest BCUT2D eigenvalue weighted by atomic mass is 79.9. The zero-order valence-corrected chi connectivity index (χ0v) is 12.6. The molecule has 0 aliphatic heterocycles. The molecule has 1 saturated carbocycles. The van der Waals surface area contributed by atoms with Crippen molar-refractivity contribution in [1.82, 2.24) is 4.90 Å². The summed E-state index contributed by atoms with van der Waals surface area (Å²) in [5.41, 5.74) is 1.93. The van der Waals surface area contributed by atoms with Crippen molar-refractivity contribution >= 4 is 21.8 Å². The molecule has 0 bridgehead atoms. The Morgan fingerprint density at radius 3 is 2.72 bits per heavy atom. The minimum atomic E-state index is 0.134. The van der Waals surface area contributed by atoms with Gasteiger partial charge in [-0.05, 0) is 31.9 Å². The lowest BCUT2D eigenvalue weighted by molar-refractivity contribution is 0.0704. The maximum atomic E-state index is 12.4. The number of carbonyl (C=O) groups is 1. The first-order valence-electron chi connectivity index (χ1n) is 6.57. The highest BCUT2D eigenvalue weighted by Crippen LogP contribution is 2.28. The lowest BCUT2D eigenvalue weighted by Crippen LogP contribution is -2.44. The summed E-state index contributed by atoms with van der Waals surface area (Å²) < 4.78 is 0. The van der Waals surface area contributed by atoms with Gasteiger partial charge in [-0.1, -0.05) is 46.5 Å². The minimum Gasteiger partial charge on any atom is -0.338 e. The average Bonchev–Trinajstić information content (AvgIpc) is 2.37. The largest absolute Gasteiger partial charge is 0.338 e. The number of nitrogens with zero attached hydrogens (tertiary/aromatic N) is 1. The van der Waals surface area contributed by atoms with E-state index in [1.807, 2.05) is 43.1 Å². The quantitative estimate of drug-likeness (QED) is 0.761. The highest BCUT2D eigenvalue weighted by Gasteiger charge is 2.29. The molecule has 0 radical (unpaired) electrons. The van der Waals surface area contributed by atoms with Gasteiger partial charge in [0.1, 0.15) is 0 Å². The number of amides is 1. The van der Waals surface area contributed by atoms with Gasteiger partial charge < -0.3 is 4.90 Å². The van der Waals surface area contributed by atoms with Crippen molar-refractivity contribution < 1.29 is 4.79 Å². The number of hydrogen-bond donors (Lipinski definition) is 0. The van der Waals surface area contributed by atoms with Gasteiger partial charge in [-0.3, -0.25) is 4.79 Å². The minimum absolute atomic E-state index is 0.134. The van der Waals surface area contributed by atoms with Crippen molar-refractivity contribution in [2.45, 2.75) is 43.5 Å². The molecule has 0 spiro atoms. The van der Waals surface area contributed by atoms with Gasteiger partial charge in [0.15, 0.2) is 0 Å². The molecule has 1 aromatic rings. The SMILES string of the molecule is Cc1cccc(C(=O)N(C)C2CCCCC2Br)c1. The molecular weight excluding hydrogens is 290 g/mol. The number of benzene rings is 1. The number of aryl methyl sites for hydroxylation is 1. The Bertz CT molecular complexity index is 432. The molecule has 2 rings (SSSR count). The van der Waals surface area contributed by atoms with Gasteiger partial charge in [0.05, 0.1) is 0 Å². The van der Waals surface area contributed by atoms with Crippen LogP contribution in [0.15, 0.2) is 24.3 Å². The Hall–Kier alpha value is -0.830. The average molecular weight is 310 g/mol. The van der Waals surface area contributed by atoms with Crippen molar-refractivity contribution in [1.29, 1.82) is 0 Å². The molecule has 1 amide bonds. The summed E-state index contributed by atoms with van der Waals surface area (Å²) in [6, 6.07) is 8.16. The van der Waals surface area contributed by atoms with Crippen LogP contribution < -0.4 is 0 Å². The van der Waals surface area contributed by atoms with Gasteiger partial charge in [-0.2, -0.15) is 0 Å². The van der Waals surface area contributed by atoms with Crippen molar-refractivity contribution in [3.63, 3.8) is 0 Å². The van der Waals surface area contributed by atoms with Crippen molar-refractivity contribution in [2.75, 3.05) is 7.05 Å². The van der Waals surface area contributed by atoms with Crippen LogP contribution in [0.1, 0.15) is 41.6 Å². The third-order valence-electron chi connectivity index (χ3n) is 3.73. The van der Waals surface area contributed by atoms with E-state index >= 15 is 0 Å². The molecule has 2 atom stereocenters. The van der Waals surface area contributed by atoms with Crippen molar-refractivity contribution in [3.05, 3.63) is 35.4 Å². The number of carbonyl (C=O) groups excluding carboxylic acids is 1. The first-order chi connectivity index (χ1) is 8.59. The number of halogens is 1. The molecular formula is C15H20BrNO. The van der Waals surface area contributed by atoms with Gasteiger partial charge in [-0.25, -0.2) is 0 Å². The van der Waals surface area contributed by atoms with Crippen LogP contribution >= 0.6 is 15.9 Å². The van der Waals surface area contributed by atoms with Crippen LogP contribution in [0.3, 0.4) is 0 Å². The van der Waals surface area contributed by atoms with Crippen LogP contribution in [0.25, 0.3) is 0 Å². The molecule has 1 aromatic carbocycles. The molecule has 2 nitrogen and oxygen atoms in total. The molecule has 3 heteroatoms. The number of rotatable bonds is 2. The molecule has 0 heterocycles. The van der Waals surface area contributed by atoms with Gasteiger partial charge in [-0.15, -0.1) is 0 Å². The third kappa shape index (κ3) is 2.94. The van der Waals surface area contributed by atoms with Crippen LogP contribution in [0, 0.1) is 6.92 Å². The molecule has 1 aliphatic rings. The Labute approximate surface area is 117 Å². The van der Waals surface area contributed by atoms with Crippen LogP contribution in [0.5, 0.6) is 0 Å². The highest BCUT2D eigenvalue weighted by molar-refractivity contribution is 9.09. The Balaban J connectivity index is 2.13. The Morgan fingerprint density at radius 1 is 1.33 bits per heavy atom. The number of alkyl halides is 1. The van der Waals surface area contributed by atoms with E-state index in [1.54, 1.807) is 0 Å². The smallest absolute Gasteiger partial charge is 0.253 e. The van der Waals surface area contributed by atoms with Crippen LogP contribution in [0.2, 0.25) is 0 Å². The summed E-state index contributed by atoms with van der Waals surface area (Å²) in [5.74, 6) is 0.134. The van der Waals surface area contributed by atoms with Crippen LogP contribution in [-0.4, -0.2) is 28.7 Å². The summed E-state index contributed by atoms with van der Waals surface area (Å²) in [7, 11) is 1.93. The molecule has 1 fully saturated rings. The fraction of sp³-hybridized carbons (Fsp3) is 0.533. The second-order valence-electron chi connectivity index (χ2n) is 5.15. The molecule has 0 aromatic heterocycles. The van der Waals surface area contributed by atoms with Crippen LogP contribution in [0.4, 0.5) is 0 Å². The first-order valence-corrected chi connectivity index (χ1v) is 7.49. The predicted molar refractivity (Wildman–Crippen MR) is 78.2 cm³/mol. The molecule has 0 N–H and O–H groups in total. The second kappa shape index (κ2) is 5.87. The van der Waals surface area contributed by atoms with Gasteiger partial charge >= 0.3 is 0 Å². The summed E-state index contributed by atoms with van der Waals surface area (Å²) in [6.07, 6.45) is 4.75. The first kappa shape index (κ1) is 13.6. The van der Waals surface area contributed by atoms with E-state index in [1.165, 1.54) is 12.8 Å². The Kier molecular flexibility index (Phi) is 4.44. The molecule has 0 saturated heterocycles. The zero-order chi connectivity index (χ0) is 13.1. The van der Waals surface area contributed by atoms with Crippen LogP contribution in [-0.2, 0) is 0 Å². The van der Waals surface area contributed by atoms with Gasteiger partial charge in [0.2, 0.25) is 0 Å². The maximum Gasteiger partial charge on any atom is 0.253 e. The zero-order valence-electron chi connectivity index (χ0n) is 11.0. The predicted octanol–water partition coefficient (Wildman–Crippen LogP) is 3.77. The normalized spacial score (nSPS) is 23.7. The van der Waals surface area contributed by atoms with E-state index < -0.39 is 0 Å². The molecule has 98 valence electrons. The lowest BCUT2D eigenvalue weighted by atomic mass is 9.94. The summed E-state index contributed by atoms with van der Waals surface area (Å²) in [6.45, 7) is 2.02. The van der Waals surface area contributed by atoms with E-state index in [0.717, 1.165) is 24.0 Å². The third-order valence-corrected chi connectivity index (χ3v) is 4.80. The van der Waals surface area contributed by atoms with E-state index in [4.69, 9.17) is 0 Å².